The third-order valence-electron chi connectivity index (χ3n) is 22.3. The average Bonchev–Trinajstić information content (AvgIpc) is 1.68. The highest BCUT2D eigenvalue weighted by molar-refractivity contribution is 9.10. The molecule has 0 radical (unpaired) electrons. The lowest BCUT2D eigenvalue weighted by atomic mass is 10.1. The van der Waals surface area contributed by atoms with Crippen LogP contribution in [0, 0.1) is 0 Å². The Morgan fingerprint density at radius 3 is 0.940 bits per heavy atom. The van der Waals surface area contributed by atoms with Gasteiger partial charge in [0.15, 0.2) is 12.2 Å². The van der Waals surface area contributed by atoms with Crippen molar-refractivity contribution in [1.29, 1.82) is 0 Å². The van der Waals surface area contributed by atoms with Crippen LogP contribution in [-0.2, 0) is 174 Å². The number of fused-ring (bicyclic) bond motifs is 3. The normalized spacial score (nSPS) is 13.2. The molecule has 12 aromatic rings. The number of hydrogen-bond donors (Lipinski definition) is 6. The van der Waals surface area contributed by atoms with Crippen LogP contribution in [0.2, 0.25) is 20.1 Å². The number of esters is 4. The monoisotopic (exact) mass is 2270 g/mol. The number of carboxylic acid groups (broad SMARTS) is 1. The fraction of sp³-hybridized carbons (Fsp3) is 0.327. The van der Waals surface area contributed by atoms with Gasteiger partial charge in [-0.15, -0.1) is 56.7 Å². The van der Waals surface area contributed by atoms with E-state index in [0.717, 1.165) is 142 Å². The zero-order chi connectivity index (χ0) is 109. The number of nitrogens with zero attached hydrogens (tertiary/aromatic N) is 5. The number of thiophene rings is 5. The van der Waals surface area contributed by atoms with E-state index < -0.39 is 113 Å². The van der Waals surface area contributed by atoms with Crippen LogP contribution in [0.15, 0.2) is 232 Å². The summed E-state index contributed by atoms with van der Waals surface area (Å²) in [6.07, 6.45) is -8.26. The van der Waals surface area contributed by atoms with E-state index in [-0.39, 0.29) is 32.3 Å². The molecule has 7 amide bonds. The minimum atomic E-state index is -1.90. The van der Waals surface area contributed by atoms with Crippen molar-refractivity contribution in [2.75, 3.05) is 21.1 Å². The zero-order valence-electron chi connectivity index (χ0n) is 84.4. The van der Waals surface area contributed by atoms with E-state index in [4.69, 9.17) is 70.1 Å². The SMILES string of the molecule is CC(=O)O[C@@H](C(=O)N(C)Cc1cc(Cc2ccccc2Cl)cs1)[C@@H](OC(C)=O)C(=O)N1Cc2ccccc2C1.CC(=O)O[C@@H](C(=O)O)[C@@H](OC(C)=O)C(=O)N1Cc2ccccc2C1.CC(C)(C)OC(=O)NCc1cc(Br)cs1.CC(C)(C)OC(=O)NCc1cc(Cc2ccccc2Cl)cs1.CN(Cc1cc(Cc2ccccc2Cl)cs1)C(=O)[C@H](O)[C@@H](O)C(=O)N1Cc2ccccc2C1.CNCc1cc(Cc2ccccc2Cl)cs1. The van der Waals surface area contributed by atoms with Gasteiger partial charge >= 0.3 is 42.0 Å². The number of hydrogen-bond acceptors (Lipinski definition) is 26. The summed E-state index contributed by atoms with van der Waals surface area (Å²) >= 11 is 36.2. The van der Waals surface area contributed by atoms with Gasteiger partial charge in [-0.05, 0) is 244 Å². The molecule has 15 rings (SSSR count). The first-order valence-electron chi connectivity index (χ1n) is 47.1. The van der Waals surface area contributed by atoms with E-state index in [1.54, 1.807) is 48.1 Å². The number of carboxylic acids is 1. The zero-order valence-corrected chi connectivity index (χ0v) is 93.1. The molecule has 0 spiro atoms. The first-order valence-corrected chi connectivity index (χ1v) is 53.8. The predicted octanol–water partition coefficient (Wildman–Crippen LogP) is 20.3. The number of ether oxygens (including phenoxy) is 6. The maximum Gasteiger partial charge on any atom is 0.407 e. The van der Waals surface area contributed by atoms with Crippen molar-refractivity contribution in [3.63, 3.8) is 0 Å². The molecule has 0 aliphatic carbocycles. The van der Waals surface area contributed by atoms with Crippen LogP contribution in [0.1, 0.15) is 172 Å². The predicted molar refractivity (Wildman–Crippen MR) is 582 cm³/mol. The second-order valence-corrected chi connectivity index (χ2v) is 44.4. The van der Waals surface area contributed by atoms with Crippen LogP contribution >= 0.6 is 119 Å². The van der Waals surface area contributed by atoms with Gasteiger partial charge in [-0.1, -0.05) is 192 Å². The molecule has 0 fully saturated rings. The smallest absolute Gasteiger partial charge is 0.407 e. The molecular formula is C110H119BrCl4N8O21S5. The number of aliphatic hydroxyl groups excluding tert-OH is 2. The van der Waals surface area contributed by atoms with Gasteiger partial charge < -0.3 is 84.2 Å². The minimum Gasteiger partial charge on any atom is -0.478 e. The quantitative estimate of drug-likeness (QED) is 0.0174. The molecule has 39 heteroatoms. The molecule has 0 saturated heterocycles. The van der Waals surface area contributed by atoms with Crippen molar-refractivity contribution in [1.82, 2.24) is 40.4 Å². The summed E-state index contributed by atoms with van der Waals surface area (Å²) in [6, 6.07) is 63.9. The lowest BCUT2D eigenvalue weighted by Gasteiger charge is -2.30. The highest BCUT2D eigenvalue weighted by Crippen LogP contribution is 2.34. The van der Waals surface area contributed by atoms with Gasteiger partial charge in [0.25, 0.3) is 29.5 Å². The Labute approximate surface area is 914 Å². The third-order valence-corrected chi connectivity index (χ3v) is 29.4. The van der Waals surface area contributed by atoms with E-state index in [2.05, 4.69) is 65.6 Å². The summed E-state index contributed by atoms with van der Waals surface area (Å²) in [5.41, 5.74) is 13.8. The van der Waals surface area contributed by atoms with E-state index in [0.29, 0.717) is 62.2 Å². The number of amides is 7. The number of benzene rings is 7. The standard InChI is InChI=1S/C29H29ClN2O6S.C25H25ClN2O4S.C17H20ClNO2S.C16H17NO7.C13H14ClNS.C10H14BrNO2S/c1-18(33)37-26(27(38-19(2)34)29(36)32-14-22-9-4-5-10-23(22)15-32)28(35)31(3)16-24-13-20(17-39-24)12-21-8-6-7-11-25(21)30;1-27(14-20-11-16(15-33-20)10-17-6-4-5-9-21(17)26)24(31)22(29)23(30)25(32)28-12-18-7-2-3-8-19(18)13-28;1-17(2,3)21-16(20)19-10-14-9-12(11-22-14)8-13-6-4-5-7-15(13)18;1-9(18)23-13(14(16(21)22)24-10(2)19)15(20)17-7-11-5-3-4-6-12(11)8-17;1-15-8-12-7-10(9-16-12)6-11-4-2-3-5-13(11)14;1-10(2,3)14-9(13)12-5-8-4-7(11)6-15-8/h4-11,13,17,26-27H,12,14-16H2,1-3H3;2-9,11,15,22-23,29-30H,10,12-14H2,1H3;4-7,9,11H,8,10H2,1-3H3,(H,19,20);3-6,13-14H,7-8H2,1-2H3,(H,21,22);2-5,7,9,15H,6,8H2,1H3;4,6H,5H2,1-3H3,(H,12,13)/t26-,27-;22-,23-;;13-,14-;;/m11.1../s1. The Morgan fingerprint density at radius 2 is 0.638 bits per heavy atom. The van der Waals surface area contributed by atoms with Crippen molar-refractivity contribution in [2.45, 2.75) is 215 Å². The second-order valence-electron chi connectivity index (χ2n) is 36.9. The summed E-state index contributed by atoms with van der Waals surface area (Å²) < 4.78 is 31.5. The second kappa shape index (κ2) is 57.1. The summed E-state index contributed by atoms with van der Waals surface area (Å²) in [5.74, 6) is -8.17. The number of nitrogens with one attached hydrogen (secondary N) is 3. The van der Waals surface area contributed by atoms with Gasteiger partial charge in [-0.2, -0.15) is 0 Å². The van der Waals surface area contributed by atoms with Crippen LogP contribution in [0.25, 0.3) is 0 Å². The van der Waals surface area contributed by atoms with Crippen LogP contribution in [0.3, 0.4) is 0 Å². The number of halogens is 5. The van der Waals surface area contributed by atoms with Crippen molar-refractivity contribution >= 4 is 191 Å². The van der Waals surface area contributed by atoms with Crippen molar-refractivity contribution < 1.29 is 101 Å². The number of alkyl carbamates (subject to hydrolysis) is 2. The Bertz CT molecular complexity index is 6560. The van der Waals surface area contributed by atoms with Crippen molar-refractivity contribution in [3.05, 3.63) is 354 Å². The van der Waals surface area contributed by atoms with Gasteiger partial charge in [0.2, 0.25) is 24.4 Å². The molecular weight excluding hydrogens is 2150 g/mol. The third kappa shape index (κ3) is 38.0. The topological polar surface area (TPSA) is 373 Å². The molecule has 0 unspecified atom stereocenters. The van der Waals surface area contributed by atoms with Crippen LogP contribution in [-0.4, -0.2) is 180 Å². The van der Waals surface area contributed by atoms with Crippen LogP contribution < -0.4 is 16.0 Å². The van der Waals surface area contributed by atoms with Gasteiger partial charge in [-0.3, -0.25) is 43.2 Å². The molecule has 8 heterocycles. The van der Waals surface area contributed by atoms with Crippen LogP contribution in [0.5, 0.6) is 0 Å². The number of likely N-dealkylation sites (N-methyl/N-ethyl adjacent to an activating group) is 2. The molecule has 0 bridgehead atoms. The number of aliphatic hydroxyl groups is 2. The number of carbonyl (C=O) groups excluding carboxylic acids is 11. The van der Waals surface area contributed by atoms with Gasteiger partial charge in [0.1, 0.15) is 11.2 Å². The number of aliphatic carboxylic acids is 1. The van der Waals surface area contributed by atoms with E-state index in [9.17, 15) is 72.9 Å². The lowest BCUT2D eigenvalue weighted by Crippen LogP contribution is -2.53. The Morgan fingerprint density at radius 1 is 0.369 bits per heavy atom. The fourth-order valence-electron chi connectivity index (χ4n) is 15.5. The summed E-state index contributed by atoms with van der Waals surface area (Å²) in [5, 5.41) is 52.0. The van der Waals surface area contributed by atoms with Crippen LogP contribution in [0.4, 0.5) is 9.59 Å². The van der Waals surface area contributed by atoms with Gasteiger partial charge in [0, 0.05) is 142 Å². The van der Waals surface area contributed by atoms with E-state index in [1.807, 2.05) is 247 Å². The minimum absolute atomic E-state index is 0.208. The molecule has 7 aromatic carbocycles. The summed E-state index contributed by atoms with van der Waals surface area (Å²) in [7, 11) is 5.06. The Kier molecular flexibility index (Phi) is 45.5. The van der Waals surface area contributed by atoms with Crippen molar-refractivity contribution in [3.8, 4) is 0 Å². The maximum atomic E-state index is 13.6. The Balaban J connectivity index is 0.000000189. The molecule has 6 atom stereocenters. The van der Waals surface area contributed by atoms with E-state index in [1.165, 1.54) is 68.7 Å². The molecule has 29 nitrogen and oxygen atoms in total. The largest absolute Gasteiger partial charge is 0.478 e. The first kappa shape index (κ1) is 119. The highest BCUT2D eigenvalue weighted by atomic mass is 79.9. The average molecular weight is 2270 g/mol. The molecule has 149 heavy (non-hydrogen) atoms. The maximum absolute atomic E-state index is 13.6. The van der Waals surface area contributed by atoms with E-state index >= 15 is 0 Å². The first-order chi connectivity index (χ1) is 70.7. The van der Waals surface area contributed by atoms with Gasteiger partial charge in [-0.25, -0.2) is 14.4 Å². The molecule has 5 aromatic heterocycles. The van der Waals surface area contributed by atoms with Gasteiger partial charge in [0.05, 0.1) is 26.2 Å². The summed E-state index contributed by atoms with van der Waals surface area (Å²) in [6.45, 7) is 19.6. The number of carbonyl (C=O) groups is 12. The molecule has 0 saturated carbocycles. The summed E-state index contributed by atoms with van der Waals surface area (Å²) in [4.78, 5) is 158. The lowest BCUT2D eigenvalue weighted by molar-refractivity contribution is -0.183. The Hall–Kier alpha value is -12.2. The molecule has 3 aliphatic rings. The molecule has 6 N–H and O–H groups in total. The fourth-order valence-corrected chi connectivity index (χ4v) is 21.3. The molecule has 790 valence electrons. The molecule has 3 aliphatic heterocycles. The number of rotatable bonds is 31. The van der Waals surface area contributed by atoms with Crippen molar-refractivity contribution in [2.24, 2.45) is 0 Å². The highest BCUT2D eigenvalue weighted by Gasteiger charge is 2.46.